The monoisotopic (exact) mass is 311 g/mol. The van der Waals surface area contributed by atoms with E-state index in [0.29, 0.717) is 6.07 Å². The minimum Gasteiger partial charge on any atom is -0.222 e. The molecule has 0 heterocycles. The predicted octanol–water partition coefficient (Wildman–Crippen LogP) is 3.36. The number of rotatable bonds is 2. The third-order valence-electron chi connectivity index (χ3n) is 4.89. The van der Waals surface area contributed by atoms with Crippen LogP contribution in [0.4, 0.5) is 8.78 Å². The average Bonchev–Trinajstić information content (AvgIpc) is 2.88. The van der Waals surface area contributed by atoms with Crippen LogP contribution in [0.2, 0.25) is 0 Å². The van der Waals surface area contributed by atoms with Gasteiger partial charge in [0.15, 0.2) is 14.6 Å². The molecule has 1 aromatic rings. The average molecular weight is 311 g/mol. The SMILES string of the molecule is N#CC1(S(=O)(=O)c2cc(F)ccc2F)CC2(CCCC2)C1. The Hall–Kier alpha value is -1.48. The Kier molecular flexibility index (Phi) is 3.10. The van der Waals surface area contributed by atoms with Gasteiger partial charge in [-0.1, -0.05) is 12.8 Å². The van der Waals surface area contributed by atoms with Gasteiger partial charge in [0.2, 0.25) is 0 Å². The van der Waals surface area contributed by atoms with E-state index >= 15 is 0 Å². The molecular formula is C15H15F2NO2S. The highest BCUT2D eigenvalue weighted by atomic mass is 32.2. The van der Waals surface area contributed by atoms with Gasteiger partial charge in [-0.25, -0.2) is 17.2 Å². The third kappa shape index (κ3) is 1.98. The summed E-state index contributed by atoms with van der Waals surface area (Å²) in [6.45, 7) is 0. The molecule has 3 nitrogen and oxygen atoms in total. The minimum absolute atomic E-state index is 0.0907. The van der Waals surface area contributed by atoms with E-state index in [-0.39, 0.29) is 18.3 Å². The maximum atomic E-state index is 13.8. The van der Waals surface area contributed by atoms with E-state index in [2.05, 4.69) is 0 Å². The first kappa shape index (κ1) is 14.5. The van der Waals surface area contributed by atoms with Crippen molar-refractivity contribution in [3.63, 3.8) is 0 Å². The Morgan fingerprint density at radius 1 is 1.14 bits per heavy atom. The summed E-state index contributed by atoms with van der Waals surface area (Å²) in [6, 6.07) is 4.20. The molecule has 112 valence electrons. The molecule has 1 spiro atoms. The lowest BCUT2D eigenvalue weighted by Crippen LogP contribution is -2.54. The van der Waals surface area contributed by atoms with Crippen molar-refractivity contribution in [3.8, 4) is 6.07 Å². The van der Waals surface area contributed by atoms with Gasteiger partial charge in [-0.2, -0.15) is 5.26 Å². The summed E-state index contributed by atoms with van der Waals surface area (Å²) in [7, 11) is -4.21. The van der Waals surface area contributed by atoms with Gasteiger partial charge >= 0.3 is 0 Å². The van der Waals surface area contributed by atoms with Crippen LogP contribution in [-0.4, -0.2) is 13.2 Å². The zero-order valence-corrected chi connectivity index (χ0v) is 12.2. The molecule has 0 saturated heterocycles. The third-order valence-corrected chi connectivity index (χ3v) is 7.19. The van der Waals surface area contributed by atoms with Gasteiger partial charge < -0.3 is 0 Å². The second-order valence-electron chi connectivity index (χ2n) is 6.24. The number of hydrogen-bond acceptors (Lipinski definition) is 3. The predicted molar refractivity (Wildman–Crippen MR) is 72.0 cm³/mol. The zero-order chi connectivity index (χ0) is 15.3. The van der Waals surface area contributed by atoms with Crippen LogP contribution >= 0.6 is 0 Å². The number of nitriles is 1. The lowest BCUT2D eigenvalue weighted by molar-refractivity contribution is 0.112. The van der Waals surface area contributed by atoms with Crippen molar-refractivity contribution in [1.82, 2.24) is 0 Å². The molecule has 2 aliphatic rings. The minimum atomic E-state index is -4.21. The van der Waals surface area contributed by atoms with Crippen molar-refractivity contribution >= 4 is 9.84 Å². The number of benzene rings is 1. The number of nitrogens with zero attached hydrogens (tertiary/aromatic N) is 1. The Bertz CT molecular complexity index is 723. The van der Waals surface area contributed by atoms with Gasteiger partial charge in [0.1, 0.15) is 16.5 Å². The van der Waals surface area contributed by atoms with Crippen molar-refractivity contribution in [2.45, 2.75) is 48.2 Å². The first-order chi connectivity index (χ1) is 9.84. The number of halogens is 2. The molecule has 0 bridgehead atoms. The van der Waals surface area contributed by atoms with Crippen molar-refractivity contribution in [2.24, 2.45) is 5.41 Å². The molecule has 2 aliphatic carbocycles. The Balaban J connectivity index is 2.02. The molecular weight excluding hydrogens is 296 g/mol. The fraction of sp³-hybridized carbons (Fsp3) is 0.533. The smallest absolute Gasteiger partial charge is 0.200 e. The molecule has 2 fully saturated rings. The summed E-state index contributed by atoms with van der Waals surface area (Å²) in [5.41, 5.74) is -0.0907. The first-order valence-corrected chi connectivity index (χ1v) is 8.44. The van der Waals surface area contributed by atoms with Crippen molar-refractivity contribution in [1.29, 1.82) is 5.26 Å². The van der Waals surface area contributed by atoms with Crippen LogP contribution in [0.1, 0.15) is 38.5 Å². The van der Waals surface area contributed by atoms with Crippen molar-refractivity contribution in [3.05, 3.63) is 29.8 Å². The van der Waals surface area contributed by atoms with Gasteiger partial charge in [-0.3, -0.25) is 0 Å². The molecule has 0 amide bonds. The maximum Gasteiger partial charge on any atom is 0.200 e. The van der Waals surface area contributed by atoms with Gasteiger partial charge in [0.05, 0.1) is 6.07 Å². The van der Waals surface area contributed by atoms with E-state index in [1.54, 1.807) is 0 Å². The van der Waals surface area contributed by atoms with E-state index in [9.17, 15) is 22.5 Å². The lowest BCUT2D eigenvalue weighted by Gasteiger charge is -2.50. The Labute approximate surface area is 122 Å². The normalized spacial score (nSPS) is 22.7. The standard InChI is InChI=1S/C15H15F2NO2S/c16-11-3-4-12(17)13(7-11)21(19,20)15(10-18)8-14(9-15)5-1-2-6-14/h3-4,7H,1-2,5-6,8-9H2. The van der Waals surface area contributed by atoms with E-state index in [0.717, 1.165) is 37.8 Å². The largest absolute Gasteiger partial charge is 0.222 e. The molecule has 2 saturated carbocycles. The fourth-order valence-electron chi connectivity index (χ4n) is 3.86. The number of hydrogen-bond donors (Lipinski definition) is 0. The highest BCUT2D eigenvalue weighted by Gasteiger charge is 2.63. The van der Waals surface area contributed by atoms with Crippen LogP contribution < -0.4 is 0 Å². The molecule has 0 unspecified atom stereocenters. The van der Waals surface area contributed by atoms with Crippen LogP contribution in [-0.2, 0) is 9.84 Å². The van der Waals surface area contributed by atoms with Gasteiger partial charge in [-0.15, -0.1) is 0 Å². The van der Waals surface area contributed by atoms with Gasteiger partial charge in [-0.05, 0) is 49.3 Å². The van der Waals surface area contributed by atoms with E-state index < -0.39 is 31.1 Å². The fourth-order valence-corrected chi connectivity index (χ4v) is 5.99. The van der Waals surface area contributed by atoms with Crippen molar-refractivity contribution < 1.29 is 17.2 Å². The maximum absolute atomic E-state index is 13.8. The molecule has 1 aromatic carbocycles. The zero-order valence-electron chi connectivity index (χ0n) is 11.4. The summed E-state index contributed by atoms with van der Waals surface area (Å²) >= 11 is 0. The van der Waals surface area contributed by atoms with Gasteiger partial charge in [0, 0.05) is 0 Å². The Morgan fingerprint density at radius 3 is 2.33 bits per heavy atom. The molecule has 6 heteroatoms. The highest BCUT2D eigenvalue weighted by molar-refractivity contribution is 7.93. The van der Waals surface area contributed by atoms with Crippen LogP contribution in [0.15, 0.2) is 23.1 Å². The first-order valence-electron chi connectivity index (χ1n) is 6.95. The summed E-state index contributed by atoms with van der Waals surface area (Å²) in [4.78, 5) is -0.697. The van der Waals surface area contributed by atoms with E-state index in [4.69, 9.17) is 0 Å². The second-order valence-corrected chi connectivity index (χ2v) is 8.47. The Morgan fingerprint density at radius 2 is 1.76 bits per heavy atom. The van der Waals surface area contributed by atoms with E-state index in [1.165, 1.54) is 0 Å². The quantitative estimate of drug-likeness (QED) is 0.841. The summed E-state index contributed by atoms with van der Waals surface area (Å²) < 4.78 is 50.8. The van der Waals surface area contributed by atoms with Crippen molar-refractivity contribution in [2.75, 3.05) is 0 Å². The van der Waals surface area contributed by atoms with Crippen LogP contribution in [0.5, 0.6) is 0 Å². The molecule has 0 aromatic heterocycles. The van der Waals surface area contributed by atoms with Crippen LogP contribution in [0.3, 0.4) is 0 Å². The lowest BCUT2D eigenvalue weighted by atomic mass is 9.61. The topological polar surface area (TPSA) is 57.9 Å². The van der Waals surface area contributed by atoms with Crippen LogP contribution in [0.25, 0.3) is 0 Å². The summed E-state index contributed by atoms with van der Waals surface area (Å²) in [5.74, 6) is -1.82. The van der Waals surface area contributed by atoms with Crippen LogP contribution in [0, 0.1) is 28.4 Å². The molecule has 0 aliphatic heterocycles. The highest BCUT2D eigenvalue weighted by Crippen LogP contribution is 2.61. The van der Waals surface area contributed by atoms with Gasteiger partial charge in [0.25, 0.3) is 0 Å². The number of sulfone groups is 1. The molecule has 3 rings (SSSR count). The summed E-state index contributed by atoms with van der Waals surface area (Å²) in [6.07, 6.45) is 4.37. The molecule has 0 atom stereocenters. The molecule has 0 radical (unpaired) electrons. The molecule has 21 heavy (non-hydrogen) atoms. The molecule has 0 N–H and O–H groups in total. The van der Waals surface area contributed by atoms with E-state index in [1.807, 2.05) is 6.07 Å². The summed E-state index contributed by atoms with van der Waals surface area (Å²) in [5, 5.41) is 9.39. The second kappa shape index (κ2) is 4.51.